The minimum atomic E-state index is -4.89. The van der Waals surface area contributed by atoms with Crippen LogP contribution in [0, 0.1) is 0 Å². The normalized spacial score (nSPS) is 24.2. The average molecular weight is 423 g/mol. The molecule has 3 heterocycles. The Morgan fingerprint density at radius 3 is 2.70 bits per heavy atom. The van der Waals surface area contributed by atoms with Gasteiger partial charge in [-0.15, -0.1) is 0 Å². The van der Waals surface area contributed by atoms with Crippen LogP contribution in [0.4, 0.5) is 13.2 Å². The molecule has 1 aromatic heterocycles. The topological polar surface area (TPSA) is 69.8 Å². The minimum absolute atomic E-state index is 0.0198. The van der Waals surface area contributed by atoms with Crippen molar-refractivity contribution in [1.29, 1.82) is 0 Å². The number of amides is 1. The van der Waals surface area contributed by atoms with Crippen molar-refractivity contribution in [2.75, 3.05) is 20.1 Å². The zero-order valence-electron chi connectivity index (χ0n) is 17.0. The van der Waals surface area contributed by atoms with Crippen LogP contribution in [-0.4, -0.2) is 52.3 Å². The van der Waals surface area contributed by atoms with Gasteiger partial charge in [0.25, 0.3) is 0 Å². The van der Waals surface area contributed by atoms with Gasteiger partial charge in [0.05, 0.1) is 6.54 Å². The summed E-state index contributed by atoms with van der Waals surface area (Å²) in [4.78, 5) is 17.0. The molecule has 2 aliphatic rings. The number of carbonyl (C=O) groups excluding carboxylic acids is 1. The Bertz CT molecular complexity index is 970. The summed E-state index contributed by atoms with van der Waals surface area (Å²) in [6, 6.07) is 7.35. The SMILES string of the molecule is C[C@H]1CN(C(=O)[C@@H]2c3ccccc3CCN2C)Cc2onc([C@@](C)(O)C(F)(F)F)c21. The summed E-state index contributed by atoms with van der Waals surface area (Å²) >= 11 is 0. The first kappa shape index (κ1) is 20.9. The van der Waals surface area contributed by atoms with Crippen molar-refractivity contribution in [2.45, 2.75) is 50.6 Å². The van der Waals surface area contributed by atoms with Crippen LogP contribution < -0.4 is 0 Å². The monoisotopic (exact) mass is 423 g/mol. The van der Waals surface area contributed by atoms with E-state index in [1.807, 2.05) is 36.2 Å². The Morgan fingerprint density at radius 2 is 2.00 bits per heavy atom. The maximum absolute atomic E-state index is 13.4. The van der Waals surface area contributed by atoms with Crippen LogP contribution in [0.25, 0.3) is 0 Å². The van der Waals surface area contributed by atoms with Crippen LogP contribution in [0.3, 0.4) is 0 Å². The lowest BCUT2D eigenvalue weighted by atomic mass is 9.86. The number of rotatable bonds is 2. The molecule has 30 heavy (non-hydrogen) atoms. The number of aliphatic hydroxyl groups is 1. The first-order chi connectivity index (χ1) is 14.0. The van der Waals surface area contributed by atoms with Crippen LogP contribution in [-0.2, 0) is 23.4 Å². The number of hydrogen-bond acceptors (Lipinski definition) is 5. The van der Waals surface area contributed by atoms with Gasteiger partial charge in [-0.1, -0.05) is 36.3 Å². The molecule has 2 aliphatic heterocycles. The van der Waals surface area contributed by atoms with Gasteiger partial charge in [0.1, 0.15) is 11.7 Å². The summed E-state index contributed by atoms with van der Waals surface area (Å²) in [7, 11) is 1.89. The van der Waals surface area contributed by atoms with Crippen molar-refractivity contribution >= 4 is 5.91 Å². The zero-order valence-corrected chi connectivity index (χ0v) is 17.0. The number of hydrogen-bond donors (Lipinski definition) is 1. The van der Waals surface area contributed by atoms with Gasteiger partial charge in [0, 0.05) is 24.6 Å². The van der Waals surface area contributed by atoms with E-state index in [-0.39, 0.29) is 30.3 Å². The first-order valence-corrected chi connectivity index (χ1v) is 9.87. The molecule has 162 valence electrons. The van der Waals surface area contributed by atoms with E-state index in [0.29, 0.717) is 6.92 Å². The van der Waals surface area contributed by atoms with E-state index >= 15 is 0 Å². The fourth-order valence-corrected chi connectivity index (χ4v) is 4.45. The molecule has 6 nitrogen and oxygen atoms in total. The molecule has 0 bridgehead atoms. The second kappa shape index (κ2) is 7.09. The lowest BCUT2D eigenvalue weighted by molar-refractivity contribution is -0.261. The van der Waals surface area contributed by atoms with Gasteiger partial charge in [-0.25, -0.2) is 0 Å². The molecule has 0 unspecified atom stereocenters. The molecule has 9 heteroatoms. The van der Waals surface area contributed by atoms with E-state index in [4.69, 9.17) is 4.52 Å². The van der Waals surface area contributed by atoms with Crippen molar-refractivity contribution in [2.24, 2.45) is 0 Å². The number of likely N-dealkylation sites (N-methyl/N-ethyl adjacent to an activating group) is 1. The largest absolute Gasteiger partial charge is 0.422 e. The highest BCUT2D eigenvalue weighted by Crippen LogP contribution is 2.44. The number of fused-ring (bicyclic) bond motifs is 2. The molecule has 1 amide bonds. The Labute approximate surface area is 172 Å². The van der Waals surface area contributed by atoms with Gasteiger partial charge in [-0.3, -0.25) is 9.69 Å². The molecular formula is C21H24F3N3O3. The molecule has 0 saturated carbocycles. The van der Waals surface area contributed by atoms with Crippen LogP contribution in [0.2, 0.25) is 0 Å². The van der Waals surface area contributed by atoms with Crippen molar-refractivity contribution < 1.29 is 27.6 Å². The van der Waals surface area contributed by atoms with E-state index in [0.717, 1.165) is 24.1 Å². The van der Waals surface area contributed by atoms with Gasteiger partial charge < -0.3 is 14.5 Å². The second-order valence-corrected chi connectivity index (χ2v) is 8.39. The highest BCUT2D eigenvalue weighted by Gasteiger charge is 2.55. The molecule has 4 rings (SSSR count). The minimum Gasteiger partial charge on any atom is -0.375 e. The van der Waals surface area contributed by atoms with Crippen LogP contribution >= 0.6 is 0 Å². The Morgan fingerprint density at radius 1 is 1.30 bits per heavy atom. The van der Waals surface area contributed by atoms with Gasteiger partial charge in [0.15, 0.2) is 5.76 Å². The summed E-state index contributed by atoms with van der Waals surface area (Å²) in [5, 5.41) is 13.6. The van der Waals surface area contributed by atoms with Crippen molar-refractivity contribution in [3.8, 4) is 0 Å². The predicted octanol–water partition coefficient (Wildman–Crippen LogP) is 3.12. The number of halogens is 3. The van der Waals surface area contributed by atoms with Crippen molar-refractivity contribution in [1.82, 2.24) is 15.0 Å². The smallest absolute Gasteiger partial charge is 0.375 e. The third-order valence-corrected chi connectivity index (χ3v) is 6.21. The third kappa shape index (κ3) is 3.20. The number of nitrogens with zero attached hydrogens (tertiary/aromatic N) is 3. The number of aromatic nitrogens is 1. The highest BCUT2D eigenvalue weighted by molar-refractivity contribution is 5.84. The molecule has 0 spiro atoms. The number of benzene rings is 1. The van der Waals surface area contributed by atoms with Crippen LogP contribution in [0.1, 0.15) is 54.0 Å². The highest BCUT2D eigenvalue weighted by atomic mass is 19.4. The van der Waals surface area contributed by atoms with Gasteiger partial charge in [0.2, 0.25) is 11.5 Å². The second-order valence-electron chi connectivity index (χ2n) is 8.39. The Balaban J connectivity index is 1.64. The molecule has 0 radical (unpaired) electrons. The van der Waals surface area contributed by atoms with Crippen molar-refractivity contribution in [3.63, 3.8) is 0 Å². The van der Waals surface area contributed by atoms with E-state index in [1.54, 1.807) is 11.8 Å². The third-order valence-electron chi connectivity index (χ3n) is 6.21. The maximum Gasteiger partial charge on any atom is 0.422 e. The van der Waals surface area contributed by atoms with Crippen LogP contribution in [0.5, 0.6) is 0 Å². The molecule has 3 atom stereocenters. The lowest BCUT2D eigenvalue weighted by Gasteiger charge is -2.39. The average Bonchev–Trinajstić information content (AvgIpc) is 3.12. The van der Waals surface area contributed by atoms with Crippen molar-refractivity contribution in [3.05, 3.63) is 52.4 Å². The molecule has 2 aromatic rings. The maximum atomic E-state index is 13.4. The summed E-state index contributed by atoms with van der Waals surface area (Å²) in [5.74, 6) is -0.395. The number of alkyl halides is 3. The van der Waals surface area contributed by atoms with Gasteiger partial charge in [-0.05, 0) is 31.5 Å². The van der Waals surface area contributed by atoms with Gasteiger partial charge >= 0.3 is 6.18 Å². The Hall–Kier alpha value is -2.39. The predicted molar refractivity (Wildman–Crippen MR) is 101 cm³/mol. The standard InChI is InChI=1S/C21H24F3N3O3/c1-12-10-27(11-15-16(12)18(25-30-15)20(2,29)21(22,23)24)19(28)17-14-7-5-4-6-13(14)8-9-26(17)3/h4-7,12,17,29H,8-11H2,1-3H3/t12-,17-,20+/m0/s1. The van der Waals surface area contributed by atoms with E-state index in [2.05, 4.69) is 5.16 Å². The molecule has 0 fully saturated rings. The molecule has 1 aromatic carbocycles. The summed E-state index contributed by atoms with van der Waals surface area (Å²) in [6.07, 6.45) is -4.03. The summed E-state index contributed by atoms with van der Waals surface area (Å²) in [6.45, 7) is 3.36. The van der Waals surface area contributed by atoms with E-state index in [1.165, 1.54) is 0 Å². The molecule has 0 saturated heterocycles. The molecule has 1 N–H and O–H groups in total. The molecule has 0 aliphatic carbocycles. The molecular weight excluding hydrogens is 399 g/mol. The fraction of sp³-hybridized carbons (Fsp3) is 0.524. The quantitative estimate of drug-likeness (QED) is 0.804. The zero-order chi connectivity index (χ0) is 21.8. The van der Waals surface area contributed by atoms with Crippen LogP contribution in [0.15, 0.2) is 28.8 Å². The summed E-state index contributed by atoms with van der Waals surface area (Å²) in [5.41, 5.74) is -1.33. The Kier molecular flexibility index (Phi) is 4.93. The van der Waals surface area contributed by atoms with E-state index < -0.39 is 29.4 Å². The van der Waals surface area contributed by atoms with Gasteiger partial charge in [-0.2, -0.15) is 13.2 Å². The fourth-order valence-electron chi connectivity index (χ4n) is 4.45. The summed E-state index contributed by atoms with van der Waals surface area (Å²) < 4.78 is 45.2. The lowest BCUT2D eigenvalue weighted by Crippen LogP contribution is -2.47. The first-order valence-electron chi connectivity index (χ1n) is 9.87. The van der Waals surface area contributed by atoms with E-state index in [9.17, 15) is 23.1 Å². The number of carbonyl (C=O) groups is 1.